The second kappa shape index (κ2) is 17.5. The predicted octanol–water partition coefficient (Wildman–Crippen LogP) is 8.91. The number of carbonyl (C=O) groups excluding carboxylic acids is 2. The standard InChI is InChI=1S/C25H22F2N2O.C24H20F2N2O.CH3I.HI/c1-25(2)12-19-24(21(30)13-25)22(14-6-7-16(26)17(27)11-14)23-15-5-4-10-29(3)20(15)9-8-18(23)28-19;1-24(2)11-19-23(20(29)12-24)21(13-5-6-15(25)16(26)10-13)22-14-4-3-9-27-17(14)7-8-18(22)28-19;1-2;/h4-11,22H,12-13H2,1-3H3;3-10,21,28H,11-12H2,1-2H3;1H3;1H. The van der Waals surface area contributed by atoms with Gasteiger partial charge in [0.1, 0.15) is 7.05 Å². The summed E-state index contributed by atoms with van der Waals surface area (Å²) < 4.78 is 57.8. The Morgan fingerprint density at radius 3 is 1.63 bits per heavy atom. The van der Waals surface area contributed by atoms with Crippen molar-refractivity contribution in [1.29, 1.82) is 0 Å². The van der Waals surface area contributed by atoms with Crippen LogP contribution in [0.5, 0.6) is 0 Å². The Morgan fingerprint density at radius 1 is 0.629 bits per heavy atom. The molecule has 0 radical (unpaired) electrons. The molecule has 4 aromatic carbocycles. The van der Waals surface area contributed by atoms with Crippen LogP contribution in [0.4, 0.5) is 28.9 Å². The maximum Gasteiger partial charge on any atom is 0.212 e. The first-order valence-electron chi connectivity index (χ1n) is 20.2. The summed E-state index contributed by atoms with van der Waals surface area (Å²) in [6.45, 7) is 8.31. The van der Waals surface area contributed by atoms with Gasteiger partial charge in [-0.25, -0.2) is 22.1 Å². The average Bonchev–Trinajstić information content (AvgIpc) is 3.21. The first-order valence-corrected chi connectivity index (χ1v) is 22.4. The molecule has 2 aromatic heterocycles. The summed E-state index contributed by atoms with van der Waals surface area (Å²) in [6.07, 6.45) is 5.99. The van der Waals surface area contributed by atoms with Crippen LogP contribution in [0.3, 0.4) is 0 Å². The SMILES string of the molecule is CC1(C)CC(=O)C2=C(C1)Nc1ccc3ncccc3c1C2c1ccc(F)c(F)c1.CI.C[n+]1cccc2c3c(ccc21)NC1=C(C(=O)CC(C)(C)C1)C3c1ccc(F)c(F)c1.[I-]. The fraction of sp³-hybridized carbons (Fsp3) is 0.280. The number of aromatic nitrogens is 2. The van der Waals surface area contributed by atoms with Gasteiger partial charge in [0.05, 0.1) is 10.9 Å². The maximum atomic E-state index is 14.2. The third-order valence-corrected chi connectivity index (χ3v) is 12.2. The summed E-state index contributed by atoms with van der Waals surface area (Å²) in [5.74, 6) is -4.39. The lowest BCUT2D eigenvalue weighted by molar-refractivity contribution is -0.644. The molecule has 10 rings (SSSR count). The van der Waals surface area contributed by atoms with E-state index in [-0.39, 0.29) is 46.4 Å². The number of rotatable bonds is 2. The molecule has 2 unspecified atom stereocenters. The van der Waals surface area contributed by atoms with Crippen molar-refractivity contribution in [3.63, 3.8) is 0 Å². The molecule has 6 aromatic rings. The molecule has 2 aliphatic heterocycles. The second-order valence-corrected chi connectivity index (χ2v) is 17.8. The normalized spacial score (nSPS) is 19.3. The zero-order valence-corrected chi connectivity index (χ0v) is 39.5. The van der Waals surface area contributed by atoms with Crippen molar-refractivity contribution in [2.24, 2.45) is 17.9 Å². The molecule has 0 fully saturated rings. The quantitative estimate of drug-likeness (QED) is 0.0785. The first-order chi connectivity index (χ1) is 29.1. The van der Waals surface area contributed by atoms with Gasteiger partial charge in [0, 0.05) is 87.9 Å². The Bertz CT molecular complexity index is 2870. The number of pyridine rings is 2. The minimum Gasteiger partial charge on any atom is -1.00 e. The van der Waals surface area contributed by atoms with Crippen LogP contribution in [-0.2, 0) is 16.6 Å². The molecule has 12 heteroatoms. The number of halogens is 6. The number of carbonyl (C=O) groups is 2. The molecule has 0 saturated heterocycles. The Balaban J connectivity index is 0.000000177. The summed E-state index contributed by atoms with van der Waals surface area (Å²) in [5, 5.41) is 8.86. The molecule has 0 bridgehead atoms. The van der Waals surface area contributed by atoms with Crippen molar-refractivity contribution < 1.29 is 55.7 Å². The molecule has 4 heterocycles. The topological polar surface area (TPSA) is 75.0 Å². The highest BCUT2D eigenvalue weighted by molar-refractivity contribution is 14.1. The van der Waals surface area contributed by atoms with E-state index in [0.717, 1.165) is 80.7 Å². The number of hydrogen-bond acceptors (Lipinski definition) is 5. The first kappa shape index (κ1) is 45.3. The smallest absolute Gasteiger partial charge is 0.212 e. The van der Waals surface area contributed by atoms with Gasteiger partial charge in [-0.15, -0.1) is 0 Å². The van der Waals surface area contributed by atoms with Crippen molar-refractivity contribution in [2.45, 2.75) is 65.2 Å². The molecular formula is C50H46F4I2N4O2. The largest absolute Gasteiger partial charge is 1.00 e. The molecule has 6 nitrogen and oxygen atoms in total. The van der Waals surface area contributed by atoms with Gasteiger partial charge in [-0.2, -0.15) is 0 Å². The lowest BCUT2D eigenvalue weighted by atomic mass is 9.68. The lowest BCUT2D eigenvalue weighted by Crippen LogP contribution is -3.00. The summed E-state index contributed by atoms with van der Waals surface area (Å²) in [5.41, 5.74) is 9.36. The number of hydrogen-bond donors (Lipinski definition) is 2. The summed E-state index contributed by atoms with van der Waals surface area (Å²) in [7, 11) is 1.97. The van der Waals surface area contributed by atoms with Gasteiger partial charge >= 0.3 is 0 Å². The number of alkyl halides is 1. The molecule has 4 aliphatic rings. The number of anilines is 2. The van der Waals surface area contributed by atoms with Crippen LogP contribution in [0.15, 0.2) is 120 Å². The number of allylic oxidation sites excluding steroid dienone is 4. The van der Waals surface area contributed by atoms with Gasteiger partial charge in [-0.1, -0.05) is 68.5 Å². The molecule has 2 N–H and O–H groups in total. The zero-order chi connectivity index (χ0) is 43.5. The van der Waals surface area contributed by atoms with E-state index in [1.54, 1.807) is 18.3 Å². The second-order valence-electron chi connectivity index (χ2n) is 17.8. The van der Waals surface area contributed by atoms with Gasteiger partial charge in [-0.3, -0.25) is 14.6 Å². The van der Waals surface area contributed by atoms with E-state index in [1.165, 1.54) is 12.1 Å². The fourth-order valence-electron chi connectivity index (χ4n) is 9.70. The van der Waals surface area contributed by atoms with Crippen molar-refractivity contribution in [3.05, 3.63) is 165 Å². The summed E-state index contributed by atoms with van der Waals surface area (Å²) >= 11 is 2.15. The third-order valence-electron chi connectivity index (χ3n) is 12.2. The van der Waals surface area contributed by atoms with E-state index < -0.39 is 35.1 Å². The van der Waals surface area contributed by atoms with Crippen molar-refractivity contribution in [1.82, 2.24) is 4.98 Å². The summed E-state index contributed by atoms with van der Waals surface area (Å²) in [6, 6.07) is 23.6. The lowest BCUT2D eigenvalue weighted by Gasteiger charge is -2.40. The van der Waals surface area contributed by atoms with Gasteiger partial charge in [0.25, 0.3) is 0 Å². The zero-order valence-electron chi connectivity index (χ0n) is 35.2. The number of nitrogens with zero attached hydrogens (tertiary/aromatic N) is 2. The van der Waals surface area contributed by atoms with E-state index in [2.05, 4.69) is 65.9 Å². The van der Waals surface area contributed by atoms with Gasteiger partial charge in [-0.05, 0) is 99.9 Å². The minimum atomic E-state index is -0.910. The number of nitrogens with one attached hydrogen (secondary N) is 2. The molecule has 62 heavy (non-hydrogen) atoms. The molecular weight excluding hydrogens is 1020 g/mol. The molecule has 0 saturated carbocycles. The van der Waals surface area contributed by atoms with Crippen LogP contribution in [0.25, 0.3) is 21.8 Å². The highest BCUT2D eigenvalue weighted by atomic mass is 127. The van der Waals surface area contributed by atoms with Gasteiger partial charge in [0.15, 0.2) is 41.0 Å². The molecule has 320 valence electrons. The van der Waals surface area contributed by atoms with E-state index in [9.17, 15) is 27.2 Å². The maximum absolute atomic E-state index is 14.2. The average molecular weight is 1060 g/mol. The van der Waals surface area contributed by atoms with Crippen LogP contribution in [0.2, 0.25) is 0 Å². The highest BCUT2D eigenvalue weighted by Gasteiger charge is 2.43. The van der Waals surface area contributed by atoms with Crippen LogP contribution in [-0.4, -0.2) is 21.5 Å². The molecule has 2 atom stereocenters. The van der Waals surface area contributed by atoms with Gasteiger partial charge < -0.3 is 34.6 Å². The van der Waals surface area contributed by atoms with Gasteiger partial charge in [0.2, 0.25) is 5.52 Å². The van der Waals surface area contributed by atoms with E-state index in [1.807, 2.05) is 71.3 Å². The Morgan fingerprint density at radius 2 is 1.11 bits per heavy atom. The Labute approximate surface area is 389 Å². The monoisotopic (exact) mass is 1060 g/mol. The molecule has 2 aliphatic carbocycles. The molecule has 0 spiro atoms. The van der Waals surface area contributed by atoms with E-state index in [0.29, 0.717) is 35.1 Å². The number of ketones is 2. The van der Waals surface area contributed by atoms with E-state index in [4.69, 9.17) is 0 Å². The Hall–Kier alpha value is -4.70. The fourth-order valence-corrected chi connectivity index (χ4v) is 9.70. The number of fused-ring (bicyclic) bond motifs is 6. The predicted molar refractivity (Wildman–Crippen MR) is 241 cm³/mol. The summed E-state index contributed by atoms with van der Waals surface area (Å²) in [4.78, 5) is 33.0. The number of benzene rings is 4. The van der Waals surface area contributed by atoms with Crippen LogP contribution in [0.1, 0.15) is 87.5 Å². The highest BCUT2D eigenvalue weighted by Crippen LogP contribution is 2.52. The number of aryl methyl sites for hydroxylation is 1. The third kappa shape index (κ3) is 8.28. The van der Waals surface area contributed by atoms with Crippen molar-refractivity contribution in [3.8, 4) is 0 Å². The van der Waals surface area contributed by atoms with Crippen molar-refractivity contribution >= 4 is 67.3 Å². The van der Waals surface area contributed by atoms with Crippen LogP contribution < -0.4 is 39.2 Å². The minimum absolute atomic E-state index is 0. The number of Topliss-reactive ketones (excluding diaryl/α,β-unsaturated/α-hetero) is 2. The van der Waals surface area contributed by atoms with E-state index >= 15 is 0 Å². The van der Waals surface area contributed by atoms with Crippen LogP contribution >= 0.6 is 22.6 Å². The molecule has 0 amide bonds. The van der Waals surface area contributed by atoms with Crippen LogP contribution in [0, 0.1) is 34.1 Å². The van der Waals surface area contributed by atoms with Crippen molar-refractivity contribution in [2.75, 3.05) is 15.6 Å². The Kier molecular flexibility index (Phi) is 12.8.